The lowest BCUT2D eigenvalue weighted by atomic mass is 10.5. The van der Waals surface area contributed by atoms with Crippen LogP contribution in [0.4, 0.5) is 0 Å². The summed E-state index contributed by atoms with van der Waals surface area (Å²) in [6, 6.07) is 0. The Balaban J connectivity index is 0.000001000. The minimum absolute atomic E-state index is 0. The fraction of sp³-hybridized carbons (Fsp3) is 0.200. The third kappa shape index (κ3) is 3.29. The van der Waals surface area contributed by atoms with Crippen LogP contribution in [0.15, 0.2) is 22.5 Å². The Bertz CT molecular complexity index is 278. The summed E-state index contributed by atoms with van der Waals surface area (Å²) in [5.41, 5.74) is 0. The van der Waals surface area contributed by atoms with Gasteiger partial charge in [-0.25, -0.2) is 0 Å². The van der Waals surface area contributed by atoms with Crippen LogP contribution in [0, 0.1) is 0 Å². The molecule has 6 heteroatoms. The van der Waals surface area contributed by atoms with E-state index in [9.17, 15) is 8.42 Å². The van der Waals surface area contributed by atoms with Crippen molar-refractivity contribution in [1.82, 2.24) is 0 Å². The maximum Gasteiger partial charge on any atom is 0.294 e. The van der Waals surface area contributed by atoms with Crippen LogP contribution >= 0.6 is 24.2 Å². The van der Waals surface area contributed by atoms with Crippen LogP contribution in [0.25, 0.3) is 0 Å². The summed E-state index contributed by atoms with van der Waals surface area (Å²) in [5.74, 6) is 0.603. The SMILES string of the molecule is Cl.O=S(=O)(O)C1=CCSC=C1. The van der Waals surface area contributed by atoms with Crippen molar-refractivity contribution in [2.45, 2.75) is 0 Å². The van der Waals surface area contributed by atoms with E-state index in [1.807, 2.05) is 0 Å². The fourth-order valence-corrected chi connectivity index (χ4v) is 1.92. The number of hydrogen-bond donors (Lipinski definition) is 1. The Hall–Kier alpha value is 0.0300. The van der Waals surface area contributed by atoms with Gasteiger partial charge in [0.1, 0.15) is 0 Å². The Kier molecular flexibility index (Phi) is 4.17. The molecule has 1 aliphatic rings. The second-order valence-corrected chi connectivity index (χ2v) is 4.08. The average molecular weight is 215 g/mol. The normalized spacial score (nSPS) is 17.0. The van der Waals surface area contributed by atoms with Crippen molar-refractivity contribution in [2.75, 3.05) is 5.75 Å². The van der Waals surface area contributed by atoms with Crippen molar-refractivity contribution in [3.63, 3.8) is 0 Å². The number of rotatable bonds is 1. The molecule has 1 rings (SSSR count). The highest BCUT2D eigenvalue weighted by molar-refractivity contribution is 8.02. The van der Waals surface area contributed by atoms with Gasteiger partial charge in [0.05, 0.1) is 4.91 Å². The van der Waals surface area contributed by atoms with Gasteiger partial charge in [0, 0.05) is 5.75 Å². The van der Waals surface area contributed by atoms with E-state index < -0.39 is 10.1 Å². The summed E-state index contributed by atoms with van der Waals surface area (Å²) in [6.45, 7) is 0. The minimum atomic E-state index is -3.96. The quantitative estimate of drug-likeness (QED) is 0.672. The summed E-state index contributed by atoms with van der Waals surface area (Å²) >= 11 is 1.48. The summed E-state index contributed by atoms with van der Waals surface area (Å²) in [7, 11) is -3.96. The topological polar surface area (TPSA) is 54.4 Å². The van der Waals surface area contributed by atoms with Gasteiger partial charge in [-0.05, 0) is 11.5 Å². The maximum atomic E-state index is 10.4. The van der Waals surface area contributed by atoms with E-state index in [-0.39, 0.29) is 17.3 Å². The summed E-state index contributed by atoms with van der Waals surface area (Å²) in [5, 5.41) is 1.64. The molecule has 1 heterocycles. The van der Waals surface area contributed by atoms with Crippen molar-refractivity contribution in [2.24, 2.45) is 0 Å². The summed E-state index contributed by atoms with van der Waals surface area (Å²) in [6.07, 6.45) is 2.85. The number of halogens is 1. The summed E-state index contributed by atoms with van der Waals surface area (Å²) in [4.78, 5) is -0.00810. The first-order valence-electron chi connectivity index (χ1n) is 2.56. The third-order valence-electron chi connectivity index (χ3n) is 1.01. The van der Waals surface area contributed by atoms with Gasteiger partial charge in [-0.3, -0.25) is 4.55 Å². The number of hydrogen-bond acceptors (Lipinski definition) is 3. The Labute approximate surface area is 75.7 Å². The lowest BCUT2D eigenvalue weighted by Gasteiger charge is -2.00. The second-order valence-electron chi connectivity index (χ2n) is 1.72. The maximum absolute atomic E-state index is 10.4. The van der Waals surface area contributed by atoms with Gasteiger partial charge in [0.25, 0.3) is 10.1 Å². The molecule has 0 saturated heterocycles. The molecule has 0 bridgehead atoms. The molecule has 1 aliphatic heterocycles. The lowest BCUT2D eigenvalue weighted by Crippen LogP contribution is -2.01. The third-order valence-corrected chi connectivity index (χ3v) is 2.59. The van der Waals surface area contributed by atoms with Gasteiger partial charge in [-0.1, -0.05) is 6.08 Å². The van der Waals surface area contributed by atoms with Crippen LogP contribution in [0.5, 0.6) is 0 Å². The molecule has 0 aromatic carbocycles. The molecule has 0 saturated carbocycles. The van der Waals surface area contributed by atoms with E-state index >= 15 is 0 Å². The highest BCUT2D eigenvalue weighted by Gasteiger charge is 2.10. The van der Waals surface area contributed by atoms with Gasteiger partial charge < -0.3 is 0 Å². The molecule has 0 spiro atoms. The van der Waals surface area contributed by atoms with Crippen LogP contribution < -0.4 is 0 Å². The van der Waals surface area contributed by atoms with Crippen molar-refractivity contribution in [3.05, 3.63) is 22.5 Å². The molecule has 0 radical (unpaired) electrons. The Morgan fingerprint density at radius 3 is 2.45 bits per heavy atom. The zero-order chi connectivity index (χ0) is 7.61. The van der Waals surface area contributed by atoms with Gasteiger partial charge in [-0.2, -0.15) is 8.42 Å². The van der Waals surface area contributed by atoms with Crippen molar-refractivity contribution < 1.29 is 13.0 Å². The van der Waals surface area contributed by atoms with Crippen molar-refractivity contribution >= 4 is 34.3 Å². The van der Waals surface area contributed by atoms with Gasteiger partial charge in [-0.15, -0.1) is 24.2 Å². The van der Waals surface area contributed by atoms with E-state index in [0.29, 0.717) is 5.75 Å². The molecular weight excluding hydrogens is 208 g/mol. The molecule has 3 nitrogen and oxygen atoms in total. The molecule has 0 fully saturated rings. The van der Waals surface area contributed by atoms with Crippen LogP contribution in [-0.2, 0) is 10.1 Å². The van der Waals surface area contributed by atoms with Crippen LogP contribution in [0.2, 0.25) is 0 Å². The van der Waals surface area contributed by atoms with Crippen molar-refractivity contribution in [1.29, 1.82) is 0 Å². The molecule has 0 unspecified atom stereocenters. The zero-order valence-corrected chi connectivity index (χ0v) is 7.88. The van der Waals surface area contributed by atoms with Crippen molar-refractivity contribution in [3.8, 4) is 0 Å². The molecule has 64 valence electrons. The molecule has 0 amide bonds. The second kappa shape index (κ2) is 4.15. The molecular formula is C5H7ClO3S2. The highest BCUT2D eigenvalue weighted by atomic mass is 35.5. The Morgan fingerprint density at radius 2 is 2.18 bits per heavy atom. The molecule has 1 N–H and O–H groups in total. The smallest absolute Gasteiger partial charge is 0.282 e. The van der Waals surface area contributed by atoms with Gasteiger partial charge in [0.2, 0.25) is 0 Å². The van der Waals surface area contributed by atoms with E-state index in [4.69, 9.17) is 4.55 Å². The highest BCUT2D eigenvalue weighted by Crippen LogP contribution is 2.16. The van der Waals surface area contributed by atoms with E-state index in [2.05, 4.69) is 0 Å². The first kappa shape index (κ1) is 11.0. The van der Waals surface area contributed by atoms with Gasteiger partial charge >= 0.3 is 0 Å². The Morgan fingerprint density at radius 1 is 1.55 bits per heavy atom. The van der Waals surface area contributed by atoms with E-state index in [1.165, 1.54) is 23.9 Å². The minimum Gasteiger partial charge on any atom is -0.282 e. The van der Waals surface area contributed by atoms with Gasteiger partial charge in [0.15, 0.2) is 0 Å². The molecule has 0 atom stereocenters. The standard InChI is InChI=1S/C5H6O3S2.ClH/c6-10(7,8)5-1-3-9-4-2-5;/h1-3H,4H2,(H,6,7,8);1H. The predicted octanol–water partition coefficient (Wildman–Crippen LogP) is 1.44. The van der Waals surface area contributed by atoms with Crippen LogP contribution in [0.3, 0.4) is 0 Å². The van der Waals surface area contributed by atoms with E-state index in [1.54, 1.807) is 5.41 Å². The molecule has 0 aromatic rings. The number of allylic oxidation sites excluding steroid dienone is 1. The fourth-order valence-electron chi connectivity index (χ4n) is 0.560. The first-order valence-corrected chi connectivity index (χ1v) is 5.05. The van der Waals surface area contributed by atoms with Crippen LogP contribution in [0.1, 0.15) is 0 Å². The summed E-state index contributed by atoms with van der Waals surface area (Å²) < 4.78 is 29.3. The zero-order valence-electron chi connectivity index (χ0n) is 5.43. The van der Waals surface area contributed by atoms with Crippen LogP contribution in [-0.4, -0.2) is 18.7 Å². The average Bonchev–Trinajstić information content (AvgIpc) is 1.88. The molecule has 0 aliphatic carbocycles. The predicted molar refractivity (Wildman–Crippen MR) is 48.5 cm³/mol. The first-order chi connectivity index (χ1) is 4.61. The molecule has 0 aromatic heterocycles. The molecule has 11 heavy (non-hydrogen) atoms. The van der Waals surface area contributed by atoms with E-state index in [0.717, 1.165) is 0 Å². The monoisotopic (exact) mass is 214 g/mol. The number of thioether (sulfide) groups is 1. The lowest BCUT2D eigenvalue weighted by molar-refractivity contribution is 0.492. The largest absolute Gasteiger partial charge is 0.294 e.